The van der Waals surface area contributed by atoms with Crippen molar-refractivity contribution < 1.29 is 9.59 Å². The van der Waals surface area contributed by atoms with Gasteiger partial charge in [-0.1, -0.05) is 0 Å². The molecule has 0 aromatic carbocycles. The van der Waals surface area contributed by atoms with Crippen LogP contribution in [0, 0.1) is 0 Å². The molecule has 0 fully saturated rings. The number of nitrogens with zero attached hydrogens (tertiary/aromatic N) is 2. The zero-order valence-corrected chi connectivity index (χ0v) is 9.70. The SMILES string of the molecule is CC(=O)CC(C)N(C)CC(=O)N(C)C. The molecule has 4 heteroatoms. The van der Waals surface area contributed by atoms with E-state index in [1.165, 1.54) is 0 Å². The quantitative estimate of drug-likeness (QED) is 0.644. The summed E-state index contributed by atoms with van der Waals surface area (Å²) >= 11 is 0. The number of amides is 1. The first kappa shape index (κ1) is 13.1. The van der Waals surface area contributed by atoms with Gasteiger partial charge in [0.2, 0.25) is 5.91 Å². The standard InChI is InChI=1S/C10H20N2O2/c1-8(6-9(2)13)12(5)7-10(14)11(3)4/h8H,6-7H2,1-5H3. The monoisotopic (exact) mass is 200 g/mol. The summed E-state index contributed by atoms with van der Waals surface area (Å²) in [4.78, 5) is 25.6. The van der Waals surface area contributed by atoms with E-state index in [1.54, 1.807) is 25.9 Å². The highest BCUT2D eigenvalue weighted by Crippen LogP contribution is 2.01. The second-order valence-corrected chi connectivity index (χ2v) is 3.96. The topological polar surface area (TPSA) is 40.6 Å². The normalized spacial score (nSPS) is 12.7. The van der Waals surface area contributed by atoms with Gasteiger partial charge in [-0.3, -0.25) is 14.5 Å². The van der Waals surface area contributed by atoms with Crippen molar-refractivity contribution in [2.24, 2.45) is 0 Å². The first-order valence-corrected chi connectivity index (χ1v) is 4.74. The van der Waals surface area contributed by atoms with Crippen LogP contribution in [-0.4, -0.2) is 55.2 Å². The molecule has 0 saturated heterocycles. The van der Waals surface area contributed by atoms with Crippen molar-refractivity contribution in [3.05, 3.63) is 0 Å². The number of carbonyl (C=O) groups is 2. The Hall–Kier alpha value is -0.900. The van der Waals surface area contributed by atoms with Crippen LogP contribution < -0.4 is 0 Å². The van der Waals surface area contributed by atoms with Crippen molar-refractivity contribution in [3.8, 4) is 0 Å². The molecule has 0 aliphatic rings. The largest absolute Gasteiger partial charge is 0.348 e. The number of Topliss-reactive ketones (excluding diaryl/α,β-unsaturated/α-hetero) is 1. The van der Waals surface area contributed by atoms with Crippen molar-refractivity contribution >= 4 is 11.7 Å². The molecule has 1 amide bonds. The number of ketones is 1. The molecule has 1 atom stereocenters. The van der Waals surface area contributed by atoms with Crippen molar-refractivity contribution in [2.45, 2.75) is 26.3 Å². The van der Waals surface area contributed by atoms with Gasteiger partial charge in [0.25, 0.3) is 0 Å². The van der Waals surface area contributed by atoms with E-state index in [1.807, 2.05) is 18.9 Å². The van der Waals surface area contributed by atoms with Crippen LogP contribution in [0.25, 0.3) is 0 Å². The van der Waals surface area contributed by atoms with Crippen LogP contribution in [0.15, 0.2) is 0 Å². The van der Waals surface area contributed by atoms with E-state index >= 15 is 0 Å². The lowest BCUT2D eigenvalue weighted by atomic mass is 10.1. The van der Waals surface area contributed by atoms with Gasteiger partial charge in [0, 0.05) is 26.6 Å². The number of hydrogen-bond donors (Lipinski definition) is 0. The summed E-state index contributed by atoms with van der Waals surface area (Å²) < 4.78 is 0. The third-order valence-corrected chi connectivity index (χ3v) is 2.22. The van der Waals surface area contributed by atoms with Gasteiger partial charge in [-0.25, -0.2) is 0 Å². The van der Waals surface area contributed by atoms with Gasteiger partial charge in [-0.05, 0) is 20.9 Å². The number of rotatable bonds is 5. The predicted octanol–water partition coefficient (Wildman–Crippen LogP) is 0.374. The first-order valence-electron chi connectivity index (χ1n) is 4.74. The molecule has 0 heterocycles. The Kier molecular flexibility index (Phi) is 5.38. The Morgan fingerprint density at radius 1 is 1.21 bits per heavy atom. The lowest BCUT2D eigenvalue weighted by Gasteiger charge is -2.24. The zero-order chi connectivity index (χ0) is 11.3. The second kappa shape index (κ2) is 5.75. The highest BCUT2D eigenvalue weighted by molar-refractivity contribution is 5.78. The van der Waals surface area contributed by atoms with Crippen LogP contribution in [0.5, 0.6) is 0 Å². The van der Waals surface area contributed by atoms with Gasteiger partial charge >= 0.3 is 0 Å². The van der Waals surface area contributed by atoms with E-state index in [0.29, 0.717) is 13.0 Å². The van der Waals surface area contributed by atoms with Crippen molar-refractivity contribution in [1.29, 1.82) is 0 Å². The van der Waals surface area contributed by atoms with E-state index in [2.05, 4.69) is 0 Å². The maximum absolute atomic E-state index is 11.3. The fourth-order valence-electron chi connectivity index (χ4n) is 1.08. The number of hydrogen-bond acceptors (Lipinski definition) is 3. The molecule has 0 rings (SSSR count). The molecule has 0 aliphatic carbocycles. The van der Waals surface area contributed by atoms with E-state index in [9.17, 15) is 9.59 Å². The summed E-state index contributed by atoms with van der Waals surface area (Å²) in [7, 11) is 5.31. The van der Waals surface area contributed by atoms with Gasteiger partial charge in [0.1, 0.15) is 5.78 Å². The van der Waals surface area contributed by atoms with Crippen molar-refractivity contribution in [1.82, 2.24) is 9.80 Å². The summed E-state index contributed by atoms with van der Waals surface area (Å²) in [6, 6.07) is 0.122. The fourth-order valence-corrected chi connectivity index (χ4v) is 1.08. The van der Waals surface area contributed by atoms with E-state index in [4.69, 9.17) is 0 Å². The van der Waals surface area contributed by atoms with Crippen LogP contribution in [0.3, 0.4) is 0 Å². The Labute approximate surface area is 85.9 Å². The molecule has 0 aromatic rings. The van der Waals surface area contributed by atoms with Crippen molar-refractivity contribution in [2.75, 3.05) is 27.7 Å². The van der Waals surface area contributed by atoms with E-state index in [0.717, 1.165) is 0 Å². The van der Waals surface area contributed by atoms with Crippen LogP contribution in [0.1, 0.15) is 20.3 Å². The maximum Gasteiger partial charge on any atom is 0.236 e. The molecule has 0 aliphatic heterocycles. The molecule has 82 valence electrons. The van der Waals surface area contributed by atoms with Crippen molar-refractivity contribution in [3.63, 3.8) is 0 Å². The third kappa shape index (κ3) is 4.97. The number of carbonyl (C=O) groups excluding carboxylic acids is 2. The molecule has 0 bridgehead atoms. The Bertz CT molecular complexity index is 214. The van der Waals surface area contributed by atoms with Gasteiger partial charge in [-0.2, -0.15) is 0 Å². The molecule has 0 spiro atoms. The molecule has 0 saturated carbocycles. The summed E-state index contributed by atoms with van der Waals surface area (Å²) in [5.74, 6) is 0.213. The molecule has 0 aromatic heterocycles. The van der Waals surface area contributed by atoms with Gasteiger partial charge in [0.05, 0.1) is 6.54 Å². The average molecular weight is 200 g/mol. The summed E-state index contributed by atoms with van der Waals surface area (Å²) in [5.41, 5.74) is 0. The molecule has 0 radical (unpaired) electrons. The Balaban J connectivity index is 4.00. The fraction of sp³-hybridized carbons (Fsp3) is 0.800. The Morgan fingerprint density at radius 2 is 1.71 bits per heavy atom. The average Bonchev–Trinajstić information content (AvgIpc) is 2.02. The minimum Gasteiger partial charge on any atom is -0.348 e. The van der Waals surface area contributed by atoms with Crippen LogP contribution >= 0.6 is 0 Å². The van der Waals surface area contributed by atoms with Crippen LogP contribution in [-0.2, 0) is 9.59 Å². The molecule has 4 nitrogen and oxygen atoms in total. The summed E-state index contributed by atoms with van der Waals surface area (Å²) in [5, 5.41) is 0. The minimum atomic E-state index is 0.0582. The molecule has 1 unspecified atom stereocenters. The maximum atomic E-state index is 11.3. The highest BCUT2D eigenvalue weighted by atomic mass is 16.2. The lowest BCUT2D eigenvalue weighted by Crippen LogP contribution is -2.39. The zero-order valence-electron chi connectivity index (χ0n) is 9.70. The molecule has 0 N–H and O–H groups in total. The van der Waals surface area contributed by atoms with Crippen LogP contribution in [0.4, 0.5) is 0 Å². The summed E-state index contributed by atoms with van der Waals surface area (Å²) in [6.07, 6.45) is 0.497. The number of likely N-dealkylation sites (N-methyl/N-ethyl adjacent to an activating group) is 2. The first-order chi connectivity index (χ1) is 6.34. The Morgan fingerprint density at radius 3 is 2.07 bits per heavy atom. The van der Waals surface area contributed by atoms with E-state index < -0.39 is 0 Å². The van der Waals surface area contributed by atoms with Gasteiger partial charge in [-0.15, -0.1) is 0 Å². The van der Waals surface area contributed by atoms with E-state index in [-0.39, 0.29) is 17.7 Å². The third-order valence-electron chi connectivity index (χ3n) is 2.22. The van der Waals surface area contributed by atoms with Gasteiger partial charge < -0.3 is 4.90 Å². The molecular weight excluding hydrogens is 180 g/mol. The lowest BCUT2D eigenvalue weighted by molar-refractivity contribution is -0.130. The smallest absolute Gasteiger partial charge is 0.236 e. The molecule has 14 heavy (non-hydrogen) atoms. The predicted molar refractivity (Wildman–Crippen MR) is 56.1 cm³/mol. The highest BCUT2D eigenvalue weighted by Gasteiger charge is 2.15. The van der Waals surface area contributed by atoms with Crippen LogP contribution in [0.2, 0.25) is 0 Å². The minimum absolute atomic E-state index is 0.0582. The second-order valence-electron chi connectivity index (χ2n) is 3.96. The molecular formula is C10H20N2O2. The van der Waals surface area contributed by atoms with Gasteiger partial charge in [0.15, 0.2) is 0 Å². The summed E-state index contributed by atoms with van der Waals surface area (Å²) in [6.45, 7) is 3.88.